The van der Waals surface area contributed by atoms with Crippen LogP contribution in [0.4, 0.5) is 5.82 Å². The molecule has 3 aromatic rings. The van der Waals surface area contributed by atoms with Crippen molar-refractivity contribution in [2.24, 2.45) is 5.92 Å². The lowest BCUT2D eigenvalue weighted by molar-refractivity contribution is -0.117. The summed E-state index contributed by atoms with van der Waals surface area (Å²) >= 11 is 0. The number of rotatable bonds is 8. The van der Waals surface area contributed by atoms with Crippen LogP contribution in [0.15, 0.2) is 36.4 Å². The maximum Gasteiger partial charge on any atom is 0.252 e. The standard InChI is InChI=1S/C26H34N6O2/c1-18-15-19(2)28-26(27-18)32-24(16-20(3)30-32)29-25(33)17-31-13-11-22(12-14-31)6-5-21-7-9-23(34-4)10-8-21/h7-10,15-16,22H,5-6,11-14,17H2,1-4H3,(H,29,33). The molecule has 8 nitrogen and oxygen atoms in total. The van der Waals surface area contributed by atoms with E-state index in [2.05, 4.69) is 37.4 Å². The first-order chi connectivity index (χ1) is 16.4. The molecule has 34 heavy (non-hydrogen) atoms. The highest BCUT2D eigenvalue weighted by Gasteiger charge is 2.22. The minimum Gasteiger partial charge on any atom is -0.497 e. The molecule has 1 fully saturated rings. The molecule has 1 amide bonds. The van der Waals surface area contributed by atoms with E-state index in [1.165, 1.54) is 12.0 Å². The third-order valence-electron chi connectivity index (χ3n) is 6.33. The minimum atomic E-state index is -0.0396. The highest BCUT2D eigenvalue weighted by Crippen LogP contribution is 2.23. The molecule has 1 aromatic carbocycles. The second kappa shape index (κ2) is 10.8. The molecular weight excluding hydrogens is 428 g/mol. The number of ether oxygens (including phenoxy) is 1. The van der Waals surface area contributed by atoms with E-state index in [0.717, 1.165) is 55.2 Å². The summed E-state index contributed by atoms with van der Waals surface area (Å²) in [6.45, 7) is 8.01. The SMILES string of the molecule is COc1ccc(CCC2CCN(CC(=O)Nc3cc(C)nn3-c3nc(C)cc(C)n3)CC2)cc1. The Kier molecular flexibility index (Phi) is 7.57. The number of likely N-dealkylation sites (tertiary alicyclic amines) is 1. The summed E-state index contributed by atoms with van der Waals surface area (Å²) in [6, 6.07) is 12.1. The molecular formula is C26H34N6O2. The number of nitrogens with one attached hydrogen (secondary N) is 1. The Morgan fingerprint density at radius 1 is 1.03 bits per heavy atom. The summed E-state index contributed by atoms with van der Waals surface area (Å²) in [5.41, 5.74) is 3.88. The number of anilines is 1. The van der Waals surface area contributed by atoms with Crippen LogP contribution in [0.5, 0.6) is 5.75 Å². The summed E-state index contributed by atoms with van der Waals surface area (Å²) in [6.07, 6.45) is 4.51. The summed E-state index contributed by atoms with van der Waals surface area (Å²) in [4.78, 5) is 24.0. The fraction of sp³-hybridized carbons (Fsp3) is 0.462. The van der Waals surface area contributed by atoms with Gasteiger partial charge in [0.05, 0.1) is 19.3 Å². The van der Waals surface area contributed by atoms with Crippen molar-refractivity contribution in [1.82, 2.24) is 24.6 Å². The van der Waals surface area contributed by atoms with E-state index < -0.39 is 0 Å². The van der Waals surface area contributed by atoms with Gasteiger partial charge < -0.3 is 10.1 Å². The van der Waals surface area contributed by atoms with E-state index in [1.807, 2.05) is 45.0 Å². The number of benzene rings is 1. The molecule has 0 atom stereocenters. The van der Waals surface area contributed by atoms with Crippen LogP contribution in [-0.4, -0.2) is 57.3 Å². The normalized spacial score (nSPS) is 14.8. The van der Waals surface area contributed by atoms with Gasteiger partial charge in [-0.05, 0) is 89.2 Å². The Morgan fingerprint density at radius 3 is 2.35 bits per heavy atom. The minimum absolute atomic E-state index is 0.0396. The largest absolute Gasteiger partial charge is 0.497 e. The van der Waals surface area contributed by atoms with Gasteiger partial charge in [0.2, 0.25) is 5.91 Å². The van der Waals surface area contributed by atoms with Crippen molar-refractivity contribution in [3.05, 3.63) is 59.0 Å². The van der Waals surface area contributed by atoms with Crippen molar-refractivity contribution in [1.29, 1.82) is 0 Å². The van der Waals surface area contributed by atoms with Crippen molar-refractivity contribution in [3.63, 3.8) is 0 Å². The maximum absolute atomic E-state index is 12.8. The molecule has 2 aromatic heterocycles. The zero-order chi connectivity index (χ0) is 24.1. The lowest BCUT2D eigenvalue weighted by Gasteiger charge is -2.31. The Balaban J connectivity index is 1.27. The maximum atomic E-state index is 12.8. The molecule has 1 aliphatic heterocycles. The monoisotopic (exact) mass is 462 g/mol. The van der Waals surface area contributed by atoms with Crippen LogP contribution in [0.2, 0.25) is 0 Å². The summed E-state index contributed by atoms with van der Waals surface area (Å²) in [5.74, 6) is 2.63. The smallest absolute Gasteiger partial charge is 0.252 e. The number of carbonyl (C=O) groups excluding carboxylic acids is 1. The molecule has 4 rings (SSSR count). The number of methoxy groups -OCH3 is 1. The number of carbonyl (C=O) groups is 1. The molecule has 0 bridgehead atoms. The molecule has 1 N–H and O–H groups in total. The molecule has 0 spiro atoms. The van der Waals surface area contributed by atoms with Crippen molar-refractivity contribution >= 4 is 11.7 Å². The van der Waals surface area contributed by atoms with Crippen LogP contribution in [0.25, 0.3) is 5.95 Å². The lowest BCUT2D eigenvalue weighted by atomic mass is 9.90. The molecule has 1 aliphatic rings. The second-order valence-corrected chi connectivity index (χ2v) is 9.19. The zero-order valence-electron chi connectivity index (χ0n) is 20.5. The fourth-order valence-corrected chi connectivity index (χ4v) is 4.52. The van der Waals surface area contributed by atoms with E-state index in [4.69, 9.17) is 4.74 Å². The van der Waals surface area contributed by atoms with Gasteiger partial charge in [0.15, 0.2) is 0 Å². The van der Waals surface area contributed by atoms with E-state index in [-0.39, 0.29) is 5.91 Å². The average molecular weight is 463 g/mol. The lowest BCUT2D eigenvalue weighted by Crippen LogP contribution is -2.39. The van der Waals surface area contributed by atoms with E-state index in [9.17, 15) is 4.79 Å². The molecule has 0 aliphatic carbocycles. The highest BCUT2D eigenvalue weighted by atomic mass is 16.5. The summed E-state index contributed by atoms with van der Waals surface area (Å²) in [5, 5.41) is 7.50. The molecule has 8 heteroatoms. The Hall–Kier alpha value is -3.26. The zero-order valence-corrected chi connectivity index (χ0v) is 20.5. The predicted molar refractivity (Wildman–Crippen MR) is 132 cm³/mol. The van der Waals surface area contributed by atoms with E-state index in [0.29, 0.717) is 24.2 Å². The van der Waals surface area contributed by atoms with E-state index >= 15 is 0 Å². The first-order valence-corrected chi connectivity index (χ1v) is 11.9. The highest BCUT2D eigenvalue weighted by molar-refractivity contribution is 5.91. The molecule has 0 unspecified atom stereocenters. The quantitative estimate of drug-likeness (QED) is 0.547. The van der Waals surface area contributed by atoms with Crippen molar-refractivity contribution < 1.29 is 9.53 Å². The van der Waals surface area contributed by atoms with Gasteiger partial charge in [-0.15, -0.1) is 0 Å². The number of aryl methyl sites for hydroxylation is 4. The van der Waals surface area contributed by atoms with Crippen LogP contribution < -0.4 is 10.1 Å². The molecule has 3 heterocycles. The molecule has 180 valence electrons. The van der Waals surface area contributed by atoms with Crippen molar-refractivity contribution in [2.45, 2.75) is 46.5 Å². The third-order valence-corrected chi connectivity index (χ3v) is 6.33. The van der Waals surface area contributed by atoms with Crippen molar-refractivity contribution in [2.75, 3.05) is 32.1 Å². The number of nitrogens with zero attached hydrogens (tertiary/aromatic N) is 5. The number of piperidine rings is 1. The summed E-state index contributed by atoms with van der Waals surface area (Å²) in [7, 11) is 1.69. The van der Waals surface area contributed by atoms with Crippen LogP contribution >= 0.6 is 0 Å². The molecule has 1 saturated heterocycles. The van der Waals surface area contributed by atoms with Gasteiger partial charge in [-0.25, -0.2) is 9.97 Å². The van der Waals surface area contributed by atoms with Gasteiger partial charge >= 0.3 is 0 Å². The van der Waals surface area contributed by atoms with Gasteiger partial charge in [-0.2, -0.15) is 9.78 Å². The van der Waals surface area contributed by atoms with E-state index in [1.54, 1.807) is 11.8 Å². The molecule has 0 saturated carbocycles. The first-order valence-electron chi connectivity index (χ1n) is 11.9. The Morgan fingerprint density at radius 2 is 1.71 bits per heavy atom. The van der Waals surface area contributed by atoms with Crippen LogP contribution in [0, 0.1) is 26.7 Å². The number of hydrogen-bond donors (Lipinski definition) is 1. The second-order valence-electron chi connectivity index (χ2n) is 9.19. The average Bonchev–Trinajstić information content (AvgIpc) is 3.18. The number of amides is 1. The van der Waals surface area contributed by atoms with Gasteiger partial charge in [-0.1, -0.05) is 12.1 Å². The van der Waals surface area contributed by atoms with Crippen LogP contribution in [-0.2, 0) is 11.2 Å². The topological polar surface area (TPSA) is 85.2 Å². The van der Waals surface area contributed by atoms with Crippen molar-refractivity contribution in [3.8, 4) is 11.7 Å². The number of aromatic nitrogens is 4. The third kappa shape index (κ3) is 6.20. The first kappa shape index (κ1) is 23.9. The van der Waals surface area contributed by atoms with Crippen LogP contribution in [0.1, 0.15) is 41.9 Å². The Bertz CT molecular complexity index is 1100. The molecule has 0 radical (unpaired) electrons. The number of hydrogen-bond acceptors (Lipinski definition) is 6. The van der Waals surface area contributed by atoms with Gasteiger partial charge in [0.1, 0.15) is 11.6 Å². The van der Waals surface area contributed by atoms with Gasteiger partial charge in [0.25, 0.3) is 5.95 Å². The van der Waals surface area contributed by atoms with Gasteiger partial charge in [-0.3, -0.25) is 9.69 Å². The van der Waals surface area contributed by atoms with Gasteiger partial charge in [0, 0.05) is 17.5 Å². The summed E-state index contributed by atoms with van der Waals surface area (Å²) < 4.78 is 6.84. The fourth-order valence-electron chi connectivity index (χ4n) is 4.52. The van der Waals surface area contributed by atoms with Crippen LogP contribution in [0.3, 0.4) is 0 Å². The Labute approximate surface area is 201 Å². The predicted octanol–water partition coefficient (Wildman–Crippen LogP) is 3.88.